The van der Waals surface area contributed by atoms with Crippen molar-refractivity contribution in [2.24, 2.45) is 0 Å². The summed E-state index contributed by atoms with van der Waals surface area (Å²) in [5.74, 6) is -0.156. The Morgan fingerprint density at radius 3 is 2.69 bits per heavy atom. The van der Waals surface area contributed by atoms with Crippen LogP contribution in [0.4, 0.5) is 10.3 Å². The third kappa shape index (κ3) is 4.05. The first kappa shape index (κ1) is 23.0. The third-order valence-corrected chi connectivity index (χ3v) is 6.87. The quantitative estimate of drug-likeness (QED) is 0.435. The molecule has 0 bridgehead atoms. The molecule has 1 fully saturated rings. The number of fused-ring (bicyclic) bond motifs is 2. The van der Waals surface area contributed by atoms with E-state index in [1.807, 2.05) is 0 Å². The predicted molar refractivity (Wildman–Crippen MR) is 128 cm³/mol. The summed E-state index contributed by atoms with van der Waals surface area (Å²) >= 11 is 0. The number of methoxy groups -OCH3 is 2. The van der Waals surface area contributed by atoms with Crippen LogP contribution in [-0.2, 0) is 4.74 Å². The number of nitrogens with zero attached hydrogens (tertiary/aromatic N) is 5. The fourth-order valence-electron chi connectivity index (χ4n) is 4.68. The summed E-state index contributed by atoms with van der Waals surface area (Å²) in [6, 6.07) is 3.66. The van der Waals surface area contributed by atoms with Crippen LogP contribution in [0.2, 0.25) is 0 Å². The first-order valence-electron chi connectivity index (χ1n) is 11.5. The zero-order valence-corrected chi connectivity index (χ0v) is 20.1. The van der Waals surface area contributed by atoms with E-state index in [-0.39, 0.29) is 29.0 Å². The normalized spacial score (nSPS) is 20.3. The predicted octanol–water partition coefficient (Wildman–Crippen LogP) is 3.31. The number of imidazole rings is 1. The van der Waals surface area contributed by atoms with Gasteiger partial charge in [-0.3, -0.25) is 9.20 Å². The van der Waals surface area contributed by atoms with Crippen molar-refractivity contribution in [2.75, 3.05) is 26.6 Å². The maximum atomic E-state index is 15.3. The van der Waals surface area contributed by atoms with Gasteiger partial charge in [0.1, 0.15) is 16.9 Å². The molecule has 4 aromatic heterocycles. The smallest absolute Gasteiger partial charge is 0.269 e. The molecule has 0 spiro atoms. The molecular formula is C24H28FN7O3. The van der Waals surface area contributed by atoms with Gasteiger partial charge in [-0.15, -0.1) is 5.10 Å². The number of anilines is 1. The van der Waals surface area contributed by atoms with Crippen molar-refractivity contribution < 1.29 is 18.7 Å². The first-order chi connectivity index (χ1) is 16.9. The molecule has 0 saturated heterocycles. The zero-order chi connectivity index (χ0) is 24.7. The van der Waals surface area contributed by atoms with Gasteiger partial charge in [0, 0.05) is 32.0 Å². The largest absolute Gasteiger partial charge is 0.479 e. The summed E-state index contributed by atoms with van der Waals surface area (Å²) in [7, 11) is 4.79. The number of hydrogen-bond donors (Lipinski definition) is 2. The van der Waals surface area contributed by atoms with E-state index >= 15 is 4.39 Å². The van der Waals surface area contributed by atoms with E-state index in [1.165, 1.54) is 24.0 Å². The molecule has 184 valence electrons. The molecule has 5 rings (SSSR count). The Balaban J connectivity index is 1.52. The minimum atomic E-state index is -0.482. The lowest BCUT2D eigenvalue weighted by Crippen LogP contribution is -2.37. The molecule has 1 amide bonds. The molecular weight excluding hydrogens is 453 g/mol. The Labute approximate surface area is 201 Å². The van der Waals surface area contributed by atoms with Crippen LogP contribution in [0, 0.1) is 5.82 Å². The maximum Gasteiger partial charge on any atom is 0.269 e. The van der Waals surface area contributed by atoms with Gasteiger partial charge in [-0.25, -0.2) is 13.9 Å². The number of halogens is 1. The zero-order valence-electron chi connectivity index (χ0n) is 20.1. The molecule has 0 unspecified atom stereocenters. The molecule has 2 N–H and O–H groups in total. The molecule has 35 heavy (non-hydrogen) atoms. The van der Waals surface area contributed by atoms with E-state index in [1.54, 1.807) is 36.9 Å². The van der Waals surface area contributed by atoms with E-state index in [0.29, 0.717) is 28.4 Å². The monoisotopic (exact) mass is 481 g/mol. The van der Waals surface area contributed by atoms with Crippen LogP contribution >= 0.6 is 0 Å². The summed E-state index contributed by atoms with van der Waals surface area (Å²) in [6.07, 6.45) is 8.14. The summed E-state index contributed by atoms with van der Waals surface area (Å²) in [4.78, 5) is 21.0. The highest BCUT2D eigenvalue weighted by Crippen LogP contribution is 2.35. The van der Waals surface area contributed by atoms with E-state index < -0.39 is 5.82 Å². The van der Waals surface area contributed by atoms with Crippen LogP contribution in [0.15, 0.2) is 30.7 Å². The topological polar surface area (TPSA) is 107 Å². The van der Waals surface area contributed by atoms with Gasteiger partial charge < -0.3 is 20.1 Å². The summed E-state index contributed by atoms with van der Waals surface area (Å²) in [5, 5.41) is 10.5. The van der Waals surface area contributed by atoms with Crippen LogP contribution < -0.4 is 15.4 Å². The van der Waals surface area contributed by atoms with Crippen molar-refractivity contribution in [3.8, 4) is 17.0 Å². The van der Waals surface area contributed by atoms with Crippen molar-refractivity contribution >= 4 is 23.0 Å². The fourth-order valence-corrected chi connectivity index (χ4v) is 4.68. The van der Waals surface area contributed by atoms with Gasteiger partial charge in [-0.2, -0.15) is 4.98 Å². The minimum absolute atomic E-state index is 0.104. The van der Waals surface area contributed by atoms with Crippen LogP contribution in [0.25, 0.3) is 22.3 Å². The summed E-state index contributed by atoms with van der Waals surface area (Å²) in [5.41, 5.74) is 2.03. The standard InChI is InChI=1S/C24H28FN7O3/c1-24(35-4)9-7-15(8-10-24)28-23-29-22(34-3)20-19(16(25)13-32(20)30-23)14-5-6-18-27-11-17(21(33)26-2)31(18)12-14/h5-6,11-13,15H,7-10H2,1-4H3,(H,26,33)(H,28,30). The Bertz CT molecular complexity index is 1410. The van der Waals surface area contributed by atoms with E-state index in [2.05, 4.69) is 32.6 Å². The molecule has 0 atom stereocenters. The molecule has 0 radical (unpaired) electrons. The van der Waals surface area contributed by atoms with Crippen molar-refractivity contribution in [3.63, 3.8) is 0 Å². The Morgan fingerprint density at radius 1 is 1.23 bits per heavy atom. The lowest BCUT2D eigenvalue weighted by molar-refractivity contribution is -0.0253. The number of carbonyl (C=O) groups is 1. The number of rotatable bonds is 6. The number of pyridine rings is 1. The van der Waals surface area contributed by atoms with Crippen molar-refractivity contribution in [3.05, 3.63) is 42.2 Å². The molecule has 11 heteroatoms. The minimum Gasteiger partial charge on any atom is -0.479 e. The molecule has 0 aromatic carbocycles. The fraction of sp³-hybridized carbons (Fsp3) is 0.417. The summed E-state index contributed by atoms with van der Waals surface area (Å²) in [6.45, 7) is 2.12. The van der Waals surface area contributed by atoms with Crippen molar-refractivity contribution in [1.82, 2.24) is 29.3 Å². The molecule has 1 saturated carbocycles. The van der Waals surface area contributed by atoms with Crippen molar-refractivity contribution in [2.45, 2.75) is 44.2 Å². The van der Waals surface area contributed by atoms with Gasteiger partial charge in [-0.1, -0.05) is 0 Å². The highest BCUT2D eigenvalue weighted by molar-refractivity contribution is 5.93. The van der Waals surface area contributed by atoms with E-state index in [4.69, 9.17) is 9.47 Å². The number of hydrogen-bond acceptors (Lipinski definition) is 7. The van der Waals surface area contributed by atoms with Crippen LogP contribution in [-0.4, -0.2) is 62.8 Å². The highest BCUT2D eigenvalue weighted by Gasteiger charge is 2.31. The van der Waals surface area contributed by atoms with Crippen LogP contribution in [0.3, 0.4) is 0 Å². The van der Waals surface area contributed by atoms with Crippen molar-refractivity contribution in [1.29, 1.82) is 0 Å². The number of nitrogens with one attached hydrogen (secondary N) is 2. The number of ether oxygens (including phenoxy) is 2. The Hall–Kier alpha value is -3.73. The summed E-state index contributed by atoms with van der Waals surface area (Å²) < 4.78 is 29.5. The Kier molecular flexibility index (Phi) is 5.79. The van der Waals surface area contributed by atoms with Gasteiger partial charge in [0.25, 0.3) is 5.91 Å². The molecule has 1 aliphatic carbocycles. The second-order valence-electron chi connectivity index (χ2n) is 9.03. The lowest BCUT2D eigenvalue weighted by atomic mass is 9.83. The highest BCUT2D eigenvalue weighted by atomic mass is 19.1. The van der Waals surface area contributed by atoms with Gasteiger partial charge in [0.15, 0.2) is 5.82 Å². The number of amides is 1. The first-order valence-corrected chi connectivity index (χ1v) is 11.5. The second kappa shape index (κ2) is 8.81. The van der Waals surface area contributed by atoms with E-state index in [0.717, 1.165) is 25.7 Å². The van der Waals surface area contributed by atoms with Crippen LogP contribution in [0.1, 0.15) is 43.1 Å². The number of carbonyl (C=O) groups excluding carboxylic acids is 1. The molecule has 1 aliphatic rings. The van der Waals surface area contributed by atoms with E-state index in [9.17, 15) is 4.79 Å². The van der Waals surface area contributed by atoms with Crippen LogP contribution in [0.5, 0.6) is 5.88 Å². The molecule has 4 aromatic rings. The lowest BCUT2D eigenvalue weighted by Gasteiger charge is -2.36. The van der Waals surface area contributed by atoms with Gasteiger partial charge in [-0.05, 0) is 44.7 Å². The van der Waals surface area contributed by atoms with Gasteiger partial charge in [0.2, 0.25) is 11.8 Å². The number of aromatic nitrogens is 5. The second-order valence-corrected chi connectivity index (χ2v) is 9.03. The maximum absolute atomic E-state index is 15.3. The molecule has 0 aliphatic heterocycles. The Morgan fingerprint density at radius 2 is 2.00 bits per heavy atom. The average molecular weight is 482 g/mol. The van der Waals surface area contributed by atoms with Gasteiger partial charge in [0.05, 0.1) is 30.7 Å². The SMILES string of the molecule is CNC(=O)c1cnc2ccc(-c3c(F)cn4nc(NC5CCC(C)(OC)CC5)nc(OC)c34)cn12. The third-order valence-electron chi connectivity index (χ3n) is 6.87. The molecule has 4 heterocycles. The van der Waals surface area contributed by atoms with Gasteiger partial charge >= 0.3 is 0 Å². The molecule has 10 nitrogen and oxygen atoms in total. The average Bonchev–Trinajstić information content (AvgIpc) is 3.44.